The molecule has 37 heavy (non-hydrogen) atoms. The lowest BCUT2D eigenvalue weighted by atomic mass is 9.93. The summed E-state index contributed by atoms with van der Waals surface area (Å²) < 4.78 is 7.98. The largest absolute Gasteiger partial charge is 0.381 e. The summed E-state index contributed by atoms with van der Waals surface area (Å²) in [6.45, 7) is 2.02. The molecule has 6 rings (SSSR count). The van der Waals surface area contributed by atoms with Crippen molar-refractivity contribution in [1.29, 1.82) is 0 Å². The summed E-state index contributed by atoms with van der Waals surface area (Å²) in [7, 11) is 1.81. The first-order valence-corrected chi connectivity index (χ1v) is 13.3. The second-order valence-electron chi connectivity index (χ2n) is 9.98. The Kier molecular flexibility index (Phi) is 6.58. The van der Waals surface area contributed by atoms with Crippen LogP contribution in [0, 0.1) is 6.92 Å². The van der Waals surface area contributed by atoms with Crippen LogP contribution in [0.4, 0.5) is 11.4 Å². The van der Waals surface area contributed by atoms with Crippen molar-refractivity contribution in [3.8, 4) is 11.4 Å². The molecule has 1 aliphatic heterocycles. The van der Waals surface area contributed by atoms with Crippen LogP contribution in [0.25, 0.3) is 28.1 Å². The highest BCUT2D eigenvalue weighted by atomic mass is 16.5. The number of nitrogens with one attached hydrogen (secondary N) is 1. The minimum absolute atomic E-state index is 0.276. The molecule has 1 fully saturated rings. The molecule has 0 spiro atoms. The molecule has 188 valence electrons. The summed E-state index contributed by atoms with van der Waals surface area (Å²) in [5.41, 5.74) is 8.30. The molecule has 1 N–H and O–H groups in total. The number of aryl methyl sites for hydroxylation is 1. The number of benzene rings is 2. The van der Waals surface area contributed by atoms with Gasteiger partial charge in [-0.3, -0.25) is 9.98 Å². The van der Waals surface area contributed by atoms with Crippen LogP contribution in [0.2, 0.25) is 0 Å². The predicted molar refractivity (Wildman–Crippen MR) is 150 cm³/mol. The van der Waals surface area contributed by atoms with Crippen LogP contribution in [0.3, 0.4) is 0 Å². The van der Waals surface area contributed by atoms with Crippen LogP contribution < -0.4 is 10.7 Å². The van der Waals surface area contributed by atoms with Crippen LogP contribution in [-0.2, 0) is 4.74 Å². The number of aromatic nitrogens is 3. The lowest BCUT2D eigenvalue weighted by Gasteiger charge is -2.26. The SMILES string of the molecule is COC1CCC(N=c2cc3n(C4=CC=CCC4)c4ccccc4nc-3cc2Nc2cccnc2C)CC1. The average Bonchev–Trinajstić information content (AvgIpc) is 2.94. The van der Waals surface area contributed by atoms with E-state index in [0.717, 1.165) is 83.4 Å². The molecular weight excluding hydrogens is 458 g/mol. The van der Waals surface area contributed by atoms with E-state index in [9.17, 15) is 0 Å². The number of nitrogens with zero attached hydrogens (tertiary/aromatic N) is 4. The molecule has 0 atom stereocenters. The fraction of sp³-hybridized carbons (Fsp3) is 0.323. The molecule has 1 aromatic carbocycles. The Morgan fingerprint density at radius 3 is 2.68 bits per heavy atom. The number of para-hydroxylation sites is 2. The molecule has 3 aliphatic carbocycles. The van der Waals surface area contributed by atoms with Crippen LogP contribution in [0.5, 0.6) is 0 Å². The highest BCUT2D eigenvalue weighted by Gasteiger charge is 2.22. The number of rotatable bonds is 5. The van der Waals surface area contributed by atoms with Crippen molar-refractivity contribution in [1.82, 2.24) is 14.5 Å². The second-order valence-corrected chi connectivity index (χ2v) is 9.98. The number of hydrogen-bond donors (Lipinski definition) is 1. The third-order valence-electron chi connectivity index (χ3n) is 7.55. The molecule has 4 aliphatic rings. The van der Waals surface area contributed by atoms with E-state index in [2.05, 4.69) is 75.6 Å². The van der Waals surface area contributed by atoms with Gasteiger partial charge < -0.3 is 14.6 Å². The predicted octanol–water partition coefficient (Wildman–Crippen LogP) is 6.64. The summed E-state index contributed by atoms with van der Waals surface area (Å²) in [4.78, 5) is 14.9. The third-order valence-corrected chi connectivity index (χ3v) is 7.55. The van der Waals surface area contributed by atoms with E-state index in [1.807, 2.05) is 26.3 Å². The Morgan fingerprint density at radius 2 is 1.89 bits per heavy atom. The maximum atomic E-state index is 5.60. The van der Waals surface area contributed by atoms with E-state index >= 15 is 0 Å². The van der Waals surface area contributed by atoms with Gasteiger partial charge in [-0.2, -0.15) is 0 Å². The van der Waals surface area contributed by atoms with Crippen molar-refractivity contribution in [3.05, 3.63) is 84.0 Å². The molecule has 6 nitrogen and oxygen atoms in total. The Labute approximate surface area is 217 Å². The maximum absolute atomic E-state index is 5.60. The quantitative estimate of drug-likeness (QED) is 0.318. The molecule has 1 saturated carbocycles. The third kappa shape index (κ3) is 4.81. The smallest absolute Gasteiger partial charge is 0.0900 e. The van der Waals surface area contributed by atoms with Crippen molar-refractivity contribution in [2.24, 2.45) is 4.99 Å². The minimum atomic E-state index is 0.276. The highest BCUT2D eigenvalue weighted by Crippen LogP contribution is 2.33. The van der Waals surface area contributed by atoms with Gasteiger partial charge in [0.15, 0.2) is 0 Å². The molecule has 6 heteroatoms. The standard InChI is InChI=1S/C31H33N5O/c1-21-25(12-8-18-32-21)34-27-19-29-31(20-28(27)33-22-14-16-24(37-2)17-15-22)36(23-9-4-3-5-10-23)30-13-7-6-11-26(30)35-29/h3-4,6-9,11-13,18-20,22,24,34H,5,10,14-17H2,1-2H3. The van der Waals surface area contributed by atoms with Gasteiger partial charge in [0.05, 0.1) is 57.0 Å². The second kappa shape index (κ2) is 10.3. The van der Waals surface area contributed by atoms with E-state index in [1.54, 1.807) is 0 Å². The van der Waals surface area contributed by atoms with Gasteiger partial charge in [-0.15, -0.1) is 0 Å². The van der Waals surface area contributed by atoms with Crippen LogP contribution in [-0.4, -0.2) is 33.8 Å². The van der Waals surface area contributed by atoms with E-state index in [0.29, 0.717) is 6.10 Å². The van der Waals surface area contributed by atoms with Crippen LogP contribution in [0.15, 0.2) is 77.9 Å². The van der Waals surface area contributed by atoms with Gasteiger partial charge in [0.1, 0.15) is 0 Å². The average molecular weight is 492 g/mol. The number of fused-ring (bicyclic) bond motifs is 2. The van der Waals surface area contributed by atoms with Crippen molar-refractivity contribution < 1.29 is 4.74 Å². The zero-order valence-corrected chi connectivity index (χ0v) is 21.5. The molecule has 0 radical (unpaired) electrons. The van der Waals surface area contributed by atoms with Crippen molar-refractivity contribution in [2.75, 3.05) is 12.4 Å². The van der Waals surface area contributed by atoms with Crippen LogP contribution in [0.1, 0.15) is 44.2 Å². The van der Waals surface area contributed by atoms with Crippen LogP contribution >= 0.6 is 0 Å². The van der Waals surface area contributed by atoms with Crippen molar-refractivity contribution >= 4 is 28.1 Å². The Morgan fingerprint density at radius 1 is 1.03 bits per heavy atom. The topological polar surface area (TPSA) is 64.3 Å². The summed E-state index contributed by atoms with van der Waals surface area (Å²) in [5.74, 6) is 0. The highest BCUT2D eigenvalue weighted by molar-refractivity contribution is 5.86. The zero-order chi connectivity index (χ0) is 25.2. The van der Waals surface area contributed by atoms with E-state index in [-0.39, 0.29) is 6.04 Å². The monoisotopic (exact) mass is 491 g/mol. The van der Waals surface area contributed by atoms with Gasteiger partial charge in [0.2, 0.25) is 0 Å². The number of ether oxygens (including phenoxy) is 1. The van der Waals surface area contributed by atoms with Gasteiger partial charge in [-0.05, 0) is 87.9 Å². The molecule has 1 aromatic heterocycles. The summed E-state index contributed by atoms with van der Waals surface area (Å²) in [6.07, 6.45) is 15.0. The lowest BCUT2D eigenvalue weighted by molar-refractivity contribution is 0.0663. The van der Waals surface area contributed by atoms with Gasteiger partial charge in [0.25, 0.3) is 0 Å². The number of anilines is 2. The zero-order valence-electron chi connectivity index (χ0n) is 21.5. The maximum Gasteiger partial charge on any atom is 0.0900 e. The lowest BCUT2D eigenvalue weighted by Crippen LogP contribution is -2.25. The Balaban J connectivity index is 1.57. The molecular formula is C31H33N5O. The van der Waals surface area contributed by atoms with Crippen molar-refractivity contribution in [2.45, 2.75) is 57.6 Å². The first kappa shape index (κ1) is 23.6. The normalized spacial score (nSPS) is 20.4. The first-order valence-electron chi connectivity index (χ1n) is 13.3. The number of pyridine rings is 1. The minimum Gasteiger partial charge on any atom is -0.381 e. The Bertz CT molecular complexity index is 1520. The van der Waals surface area contributed by atoms with Crippen molar-refractivity contribution in [3.63, 3.8) is 0 Å². The molecule has 0 unspecified atom stereocenters. The number of hydrogen-bond acceptors (Lipinski definition) is 5. The van der Waals surface area contributed by atoms with Gasteiger partial charge in [0, 0.05) is 19.0 Å². The molecule has 0 saturated heterocycles. The molecule has 0 bridgehead atoms. The fourth-order valence-corrected chi connectivity index (χ4v) is 5.50. The van der Waals surface area contributed by atoms with Gasteiger partial charge in [-0.25, -0.2) is 4.98 Å². The summed E-state index contributed by atoms with van der Waals surface area (Å²) >= 11 is 0. The summed E-state index contributed by atoms with van der Waals surface area (Å²) in [6, 6.07) is 17.1. The van der Waals surface area contributed by atoms with E-state index < -0.39 is 0 Å². The number of methoxy groups -OCH3 is 1. The molecule has 0 amide bonds. The molecule has 2 heterocycles. The Hall–Kier alpha value is -3.77. The number of allylic oxidation sites excluding steroid dienone is 4. The molecule has 2 aromatic rings. The van der Waals surface area contributed by atoms with Gasteiger partial charge in [-0.1, -0.05) is 24.3 Å². The van der Waals surface area contributed by atoms with E-state index in [4.69, 9.17) is 14.7 Å². The fourth-order valence-electron chi connectivity index (χ4n) is 5.50. The first-order chi connectivity index (χ1) is 18.2. The summed E-state index contributed by atoms with van der Waals surface area (Å²) in [5, 5.41) is 4.60. The van der Waals surface area contributed by atoms with E-state index in [1.165, 1.54) is 5.70 Å². The van der Waals surface area contributed by atoms with Gasteiger partial charge >= 0.3 is 0 Å².